The third-order valence-electron chi connectivity index (χ3n) is 6.20. The maximum atomic E-state index is 13.8. The van der Waals surface area contributed by atoms with Gasteiger partial charge in [-0.1, -0.05) is 0 Å². The number of ether oxygens (including phenoxy) is 1. The van der Waals surface area contributed by atoms with Gasteiger partial charge in [0.05, 0.1) is 12.2 Å². The molecule has 2 fully saturated rings. The van der Waals surface area contributed by atoms with Crippen LogP contribution in [-0.4, -0.2) is 67.2 Å². The van der Waals surface area contributed by atoms with Crippen LogP contribution in [0.25, 0.3) is 0 Å². The highest BCUT2D eigenvalue weighted by Crippen LogP contribution is 2.33. The Labute approximate surface area is 198 Å². The first-order valence-electron chi connectivity index (χ1n) is 11.3. The van der Waals surface area contributed by atoms with Crippen molar-refractivity contribution in [3.8, 4) is 0 Å². The number of nitrogens with zero attached hydrogens (tertiary/aromatic N) is 1. The van der Waals surface area contributed by atoms with Crippen LogP contribution in [0.2, 0.25) is 0 Å². The van der Waals surface area contributed by atoms with Crippen molar-refractivity contribution < 1.29 is 41.1 Å². The lowest BCUT2D eigenvalue weighted by Crippen LogP contribution is -2.64. The van der Waals surface area contributed by atoms with Gasteiger partial charge in [0.15, 0.2) is 11.6 Å². The molecule has 35 heavy (non-hydrogen) atoms. The number of nitrogens with one attached hydrogen (secondary N) is 3. The normalized spacial score (nSPS) is 18.6. The highest BCUT2D eigenvalue weighted by atomic mass is 19.4. The number of benzene rings is 1. The summed E-state index contributed by atoms with van der Waals surface area (Å²) in [5, 5.41) is 8.37. The van der Waals surface area contributed by atoms with Crippen molar-refractivity contribution in [1.82, 2.24) is 20.9 Å². The minimum atomic E-state index is -5.20. The highest BCUT2D eigenvalue weighted by Gasteiger charge is 2.43. The molecule has 0 saturated carbocycles. The molecule has 0 aliphatic carbocycles. The maximum absolute atomic E-state index is 13.8. The first kappa shape index (κ1) is 26.6. The molecule has 13 heteroatoms. The smallest absolute Gasteiger partial charge is 0.419 e. The molecule has 2 aliphatic rings. The van der Waals surface area contributed by atoms with E-state index in [1.54, 1.807) is 6.92 Å². The molecule has 3 rings (SSSR count). The molecule has 0 atom stereocenters. The van der Waals surface area contributed by atoms with Crippen LogP contribution in [0.3, 0.4) is 0 Å². The van der Waals surface area contributed by atoms with Crippen LogP contribution in [0, 0.1) is 11.6 Å². The highest BCUT2D eigenvalue weighted by molar-refractivity contribution is 5.99. The summed E-state index contributed by atoms with van der Waals surface area (Å²) in [6, 6.07) is 0.306. The Morgan fingerprint density at radius 1 is 1.14 bits per heavy atom. The van der Waals surface area contributed by atoms with Crippen LogP contribution in [0.5, 0.6) is 0 Å². The third kappa shape index (κ3) is 6.19. The fraction of sp³-hybridized carbons (Fsp3) is 0.591. The average Bonchev–Trinajstić information content (AvgIpc) is 2.81. The van der Waals surface area contributed by atoms with Gasteiger partial charge in [-0.25, -0.2) is 13.6 Å². The van der Waals surface area contributed by atoms with Gasteiger partial charge in [0.25, 0.3) is 5.91 Å². The van der Waals surface area contributed by atoms with Crippen molar-refractivity contribution in [2.75, 3.05) is 32.8 Å². The van der Waals surface area contributed by atoms with Crippen LogP contribution in [-0.2, 0) is 15.7 Å². The molecule has 0 radical (unpaired) electrons. The number of hydrogen-bond acceptors (Lipinski definition) is 5. The lowest BCUT2D eigenvalue weighted by atomic mass is 9.86. The molecule has 2 aliphatic heterocycles. The van der Waals surface area contributed by atoms with E-state index in [0.29, 0.717) is 45.1 Å². The number of hydrogen-bond donors (Lipinski definition) is 3. The number of carbonyl (C=O) groups excluding carboxylic acids is 3. The van der Waals surface area contributed by atoms with Gasteiger partial charge in [-0.15, -0.1) is 0 Å². The zero-order chi connectivity index (χ0) is 25.8. The first-order chi connectivity index (χ1) is 16.5. The zero-order valence-electron chi connectivity index (χ0n) is 19.1. The van der Waals surface area contributed by atoms with Gasteiger partial charge in [0.2, 0.25) is 5.91 Å². The van der Waals surface area contributed by atoms with Crippen LogP contribution in [0.1, 0.15) is 48.5 Å². The van der Waals surface area contributed by atoms with E-state index in [-0.39, 0.29) is 31.6 Å². The number of alkyl halides is 3. The van der Waals surface area contributed by atoms with Gasteiger partial charge in [-0.05, 0) is 57.8 Å². The molecule has 0 unspecified atom stereocenters. The first-order valence-corrected chi connectivity index (χ1v) is 11.3. The summed E-state index contributed by atoms with van der Waals surface area (Å²) >= 11 is 0. The van der Waals surface area contributed by atoms with Crippen LogP contribution in [0.4, 0.5) is 26.7 Å². The minimum absolute atomic E-state index is 0.141. The van der Waals surface area contributed by atoms with Crippen molar-refractivity contribution in [3.63, 3.8) is 0 Å². The van der Waals surface area contributed by atoms with E-state index in [1.165, 1.54) is 4.90 Å². The van der Waals surface area contributed by atoms with Crippen molar-refractivity contribution >= 4 is 17.9 Å². The topological polar surface area (TPSA) is 99.8 Å². The lowest BCUT2D eigenvalue weighted by Gasteiger charge is -2.39. The van der Waals surface area contributed by atoms with Crippen LogP contribution in [0.15, 0.2) is 12.1 Å². The van der Waals surface area contributed by atoms with Gasteiger partial charge in [0.1, 0.15) is 5.54 Å². The van der Waals surface area contributed by atoms with E-state index in [2.05, 4.69) is 16.0 Å². The number of piperidine rings is 2. The predicted octanol–water partition coefficient (Wildman–Crippen LogP) is 2.57. The Morgan fingerprint density at radius 2 is 1.77 bits per heavy atom. The second kappa shape index (κ2) is 10.8. The van der Waals surface area contributed by atoms with Crippen LogP contribution < -0.4 is 16.0 Å². The van der Waals surface area contributed by atoms with Crippen molar-refractivity contribution in [2.45, 2.75) is 50.4 Å². The predicted molar refractivity (Wildman–Crippen MR) is 113 cm³/mol. The third-order valence-corrected chi connectivity index (χ3v) is 6.20. The van der Waals surface area contributed by atoms with Crippen LogP contribution >= 0.6 is 0 Å². The summed E-state index contributed by atoms with van der Waals surface area (Å²) in [7, 11) is 0. The van der Waals surface area contributed by atoms with E-state index in [9.17, 15) is 36.3 Å². The molecular formula is C22H27F5N4O4. The molecule has 3 amide bonds. The minimum Gasteiger partial charge on any atom is -0.450 e. The maximum Gasteiger partial charge on any atom is 0.419 e. The summed E-state index contributed by atoms with van der Waals surface area (Å²) in [6.45, 7) is 3.36. The lowest BCUT2D eigenvalue weighted by molar-refractivity contribution is -0.140. The summed E-state index contributed by atoms with van der Waals surface area (Å²) in [4.78, 5) is 39.4. The Bertz CT molecular complexity index is 958. The molecule has 1 aromatic rings. The number of amides is 3. The Hall–Kier alpha value is -2.96. The monoisotopic (exact) mass is 506 g/mol. The quantitative estimate of drug-likeness (QED) is 0.534. The Morgan fingerprint density at radius 3 is 2.34 bits per heavy atom. The summed E-state index contributed by atoms with van der Waals surface area (Å²) in [6.07, 6.45) is -4.46. The SMILES string of the molecule is CCOC(=O)N1CCC(NC(=O)C2(NC(=O)c3cc(F)c(F)c(C(F)(F)F)c3)CCNCC2)CC1. The molecule has 2 saturated heterocycles. The second-order valence-corrected chi connectivity index (χ2v) is 8.54. The number of carbonyl (C=O) groups is 3. The largest absolute Gasteiger partial charge is 0.450 e. The fourth-order valence-corrected chi connectivity index (χ4v) is 4.22. The molecule has 0 bridgehead atoms. The molecule has 194 valence electrons. The number of likely N-dealkylation sites (tertiary alicyclic amines) is 1. The van der Waals surface area contributed by atoms with Crippen molar-refractivity contribution in [3.05, 3.63) is 34.9 Å². The summed E-state index contributed by atoms with van der Waals surface area (Å²) in [5.41, 5.74) is -4.10. The second-order valence-electron chi connectivity index (χ2n) is 8.54. The van der Waals surface area contributed by atoms with Crippen molar-refractivity contribution in [2.24, 2.45) is 0 Å². The van der Waals surface area contributed by atoms with E-state index in [1.807, 2.05) is 0 Å². The van der Waals surface area contributed by atoms with E-state index < -0.39 is 52.4 Å². The molecule has 0 spiro atoms. The van der Waals surface area contributed by atoms with E-state index >= 15 is 0 Å². The van der Waals surface area contributed by atoms with Crippen molar-refractivity contribution in [1.29, 1.82) is 0 Å². The van der Waals surface area contributed by atoms with E-state index in [0.717, 1.165) is 0 Å². The average molecular weight is 506 g/mol. The standard InChI is InChI=1S/C22H27F5N4O4/c1-2-35-20(34)31-9-3-14(4-10-31)29-19(33)21(5-7-28-8-6-21)30-18(32)13-11-15(22(25,26)27)17(24)16(23)12-13/h11-12,14,28H,2-10H2,1H3,(H,29,33)(H,30,32). The summed E-state index contributed by atoms with van der Waals surface area (Å²) in [5.74, 6) is -5.57. The van der Waals surface area contributed by atoms with E-state index in [4.69, 9.17) is 4.74 Å². The Kier molecular flexibility index (Phi) is 8.18. The zero-order valence-corrected chi connectivity index (χ0v) is 19.1. The molecular weight excluding hydrogens is 479 g/mol. The number of rotatable bonds is 5. The van der Waals surface area contributed by atoms with Gasteiger partial charge in [0, 0.05) is 24.7 Å². The fourth-order valence-electron chi connectivity index (χ4n) is 4.22. The van der Waals surface area contributed by atoms with Gasteiger partial charge >= 0.3 is 12.3 Å². The van der Waals surface area contributed by atoms with Gasteiger partial charge in [-0.3, -0.25) is 9.59 Å². The number of halogens is 5. The molecule has 8 nitrogen and oxygen atoms in total. The molecule has 2 heterocycles. The molecule has 0 aromatic heterocycles. The molecule has 3 N–H and O–H groups in total. The Balaban J connectivity index is 1.73. The molecule has 1 aromatic carbocycles. The summed E-state index contributed by atoms with van der Waals surface area (Å²) < 4.78 is 71.7. The van der Waals surface area contributed by atoms with Gasteiger partial charge in [-0.2, -0.15) is 13.2 Å². The van der Waals surface area contributed by atoms with Gasteiger partial charge < -0.3 is 25.6 Å².